The molecule has 114 valence electrons. The minimum absolute atomic E-state index is 0.136. The van der Waals surface area contributed by atoms with Gasteiger partial charge in [-0.1, -0.05) is 6.92 Å². The van der Waals surface area contributed by atoms with Crippen LogP contribution in [0.15, 0.2) is 18.2 Å². The number of carboxylic acid groups (broad SMARTS) is 1. The lowest BCUT2D eigenvalue weighted by molar-refractivity contribution is 0.00584. The van der Waals surface area contributed by atoms with Gasteiger partial charge in [-0.15, -0.1) is 0 Å². The molecule has 1 fully saturated rings. The van der Waals surface area contributed by atoms with Gasteiger partial charge in [0.1, 0.15) is 5.75 Å². The van der Waals surface area contributed by atoms with Crippen LogP contribution in [-0.2, 0) is 0 Å². The highest BCUT2D eigenvalue weighted by molar-refractivity contribution is 5.89. The van der Waals surface area contributed by atoms with Gasteiger partial charge in [-0.25, -0.2) is 9.69 Å². The molecule has 3 rings (SSSR count). The predicted octanol–water partition coefficient (Wildman–Crippen LogP) is 1.13. The average Bonchev–Trinajstić information content (AvgIpc) is 2.84. The van der Waals surface area contributed by atoms with Crippen LogP contribution in [-0.4, -0.2) is 67.0 Å². The van der Waals surface area contributed by atoms with Gasteiger partial charge in [0.15, 0.2) is 0 Å². The summed E-state index contributed by atoms with van der Waals surface area (Å²) in [7, 11) is 1.99. The van der Waals surface area contributed by atoms with Crippen molar-refractivity contribution >= 4 is 11.7 Å². The van der Waals surface area contributed by atoms with Gasteiger partial charge in [0.05, 0.1) is 11.3 Å². The zero-order valence-corrected chi connectivity index (χ0v) is 12.5. The van der Waals surface area contributed by atoms with Crippen LogP contribution in [0.1, 0.15) is 17.3 Å². The normalized spacial score (nSPS) is 23.0. The van der Waals surface area contributed by atoms with Crippen molar-refractivity contribution in [2.24, 2.45) is 0 Å². The molecule has 1 saturated heterocycles. The quantitative estimate of drug-likeness (QED) is 0.901. The fraction of sp³-hybridized carbons (Fsp3) is 0.533. The predicted molar refractivity (Wildman–Crippen MR) is 79.9 cm³/mol. The lowest BCUT2D eigenvalue weighted by atomic mass is 10.2. The third kappa shape index (κ3) is 2.56. The number of hydrogen-bond donors (Lipinski definition) is 1. The van der Waals surface area contributed by atoms with E-state index in [0.29, 0.717) is 5.75 Å². The number of likely N-dealkylation sites (N-methyl/N-ethyl adjacent to an activating group) is 1. The van der Waals surface area contributed by atoms with Crippen LogP contribution in [0.25, 0.3) is 0 Å². The summed E-state index contributed by atoms with van der Waals surface area (Å²) in [5, 5.41) is 9.07. The highest BCUT2D eigenvalue weighted by atomic mass is 16.5. The second-order valence-electron chi connectivity index (χ2n) is 5.51. The van der Waals surface area contributed by atoms with Gasteiger partial charge < -0.3 is 19.6 Å². The Labute approximate surface area is 124 Å². The molecule has 2 aliphatic heterocycles. The van der Waals surface area contributed by atoms with Crippen molar-refractivity contribution in [2.45, 2.75) is 13.3 Å². The Hall–Kier alpha value is -1.79. The van der Waals surface area contributed by atoms with Crippen molar-refractivity contribution in [3.05, 3.63) is 23.8 Å². The van der Waals surface area contributed by atoms with Gasteiger partial charge in [-0.3, -0.25) is 0 Å². The Balaban J connectivity index is 1.74. The van der Waals surface area contributed by atoms with Crippen LogP contribution in [0.5, 0.6) is 5.75 Å². The molecular formula is C15H21N3O3. The smallest absolute Gasteiger partial charge is 0.335 e. The molecule has 21 heavy (non-hydrogen) atoms. The summed E-state index contributed by atoms with van der Waals surface area (Å²) >= 11 is 0. The van der Waals surface area contributed by atoms with Gasteiger partial charge in [-0.05, 0) is 24.7 Å². The van der Waals surface area contributed by atoms with E-state index in [4.69, 9.17) is 9.84 Å². The second-order valence-corrected chi connectivity index (χ2v) is 5.51. The maximum absolute atomic E-state index is 11.0. The first-order valence-corrected chi connectivity index (χ1v) is 7.33. The molecule has 2 aliphatic rings. The summed E-state index contributed by atoms with van der Waals surface area (Å²) in [6.45, 7) is 7.27. The van der Waals surface area contributed by atoms with E-state index in [9.17, 15) is 4.79 Å². The summed E-state index contributed by atoms with van der Waals surface area (Å²) < 4.78 is 5.99. The van der Waals surface area contributed by atoms with Crippen LogP contribution in [0, 0.1) is 0 Å². The summed E-state index contributed by atoms with van der Waals surface area (Å²) in [6, 6.07) is 5.05. The van der Waals surface area contributed by atoms with Crippen LogP contribution in [0.3, 0.4) is 0 Å². The van der Waals surface area contributed by atoms with Crippen molar-refractivity contribution < 1.29 is 14.6 Å². The minimum Gasteiger partial charge on any atom is -0.478 e. The van der Waals surface area contributed by atoms with Crippen LogP contribution >= 0.6 is 0 Å². The summed E-state index contributed by atoms with van der Waals surface area (Å²) in [4.78, 5) is 17.8. The molecule has 1 atom stereocenters. The number of piperazine rings is 1. The number of hydrogen-bond acceptors (Lipinski definition) is 5. The molecule has 0 aliphatic carbocycles. The highest BCUT2D eigenvalue weighted by Crippen LogP contribution is 2.37. The Morgan fingerprint density at radius 2 is 2.05 bits per heavy atom. The van der Waals surface area contributed by atoms with Gasteiger partial charge in [0.25, 0.3) is 0 Å². The molecule has 0 radical (unpaired) electrons. The molecule has 1 unspecified atom stereocenters. The molecule has 6 nitrogen and oxygen atoms in total. The number of fused-ring (bicyclic) bond motifs is 1. The van der Waals surface area contributed by atoms with Gasteiger partial charge in [0.2, 0.25) is 6.35 Å². The number of carboxylic acids is 1. The van der Waals surface area contributed by atoms with Crippen LogP contribution < -0.4 is 9.64 Å². The fourth-order valence-corrected chi connectivity index (χ4v) is 2.96. The highest BCUT2D eigenvalue weighted by Gasteiger charge is 2.34. The maximum atomic E-state index is 11.0. The number of carbonyl (C=O) groups is 1. The molecule has 2 heterocycles. The SMILES string of the molecule is CCN1CCN(C2Oc3cc(C(=O)O)ccc3N2C)CC1. The van der Waals surface area contributed by atoms with E-state index >= 15 is 0 Å². The lowest BCUT2D eigenvalue weighted by Crippen LogP contribution is -2.55. The molecule has 0 amide bonds. The number of anilines is 1. The maximum Gasteiger partial charge on any atom is 0.335 e. The molecule has 0 aromatic heterocycles. The topological polar surface area (TPSA) is 56.3 Å². The molecule has 1 aromatic carbocycles. The molecule has 0 saturated carbocycles. The first-order chi connectivity index (χ1) is 10.1. The van der Waals surface area contributed by atoms with Crippen molar-refractivity contribution in [3.8, 4) is 5.75 Å². The summed E-state index contributed by atoms with van der Waals surface area (Å²) in [6.07, 6.45) is -0.136. The second kappa shape index (κ2) is 5.54. The molecule has 6 heteroatoms. The van der Waals surface area contributed by atoms with Gasteiger partial charge in [-0.2, -0.15) is 0 Å². The van der Waals surface area contributed by atoms with Crippen molar-refractivity contribution in [1.82, 2.24) is 9.80 Å². The van der Waals surface area contributed by atoms with Gasteiger partial charge >= 0.3 is 5.97 Å². The van der Waals surface area contributed by atoms with Crippen LogP contribution in [0.2, 0.25) is 0 Å². The Morgan fingerprint density at radius 1 is 1.33 bits per heavy atom. The summed E-state index contributed by atoms with van der Waals surface area (Å²) in [5.74, 6) is -0.274. The van der Waals surface area contributed by atoms with E-state index in [1.54, 1.807) is 12.1 Å². The van der Waals surface area contributed by atoms with Crippen molar-refractivity contribution in [1.29, 1.82) is 0 Å². The molecule has 0 bridgehead atoms. The molecule has 1 aromatic rings. The largest absolute Gasteiger partial charge is 0.478 e. The molecule has 1 N–H and O–H groups in total. The molecular weight excluding hydrogens is 270 g/mol. The first kappa shape index (κ1) is 14.2. The Kier molecular flexibility index (Phi) is 3.73. The van der Waals surface area contributed by atoms with Gasteiger partial charge in [0, 0.05) is 33.2 Å². The number of nitrogens with zero attached hydrogens (tertiary/aromatic N) is 3. The van der Waals surface area contributed by atoms with E-state index in [-0.39, 0.29) is 11.9 Å². The fourth-order valence-electron chi connectivity index (χ4n) is 2.96. The third-order valence-corrected chi connectivity index (χ3v) is 4.32. The monoisotopic (exact) mass is 291 g/mol. The number of benzene rings is 1. The third-order valence-electron chi connectivity index (χ3n) is 4.32. The van der Waals surface area contributed by atoms with E-state index < -0.39 is 5.97 Å². The minimum atomic E-state index is -0.927. The Bertz CT molecular complexity index is 541. The zero-order valence-electron chi connectivity index (χ0n) is 12.5. The van der Waals surface area contributed by atoms with Crippen molar-refractivity contribution in [3.63, 3.8) is 0 Å². The number of aromatic carboxylic acids is 1. The van der Waals surface area contributed by atoms with E-state index in [1.165, 1.54) is 0 Å². The lowest BCUT2D eigenvalue weighted by Gasteiger charge is -2.38. The van der Waals surface area contributed by atoms with Crippen LogP contribution in [0.4, 0.5) is 5.69 Å². The van der Waals surface area contributed by atoms with E-state index in [2.05, 4.69) is 21.6 Å². The van der Waals surface area contributed by atoms with E-state index in [0.717, 1.165) is 38.4 Å². The summed E-state index contributed by atoms with van der Waals surface area (Å²) in [5.41, 5.74) is 1.21. The van der Waals surface area contributed by atoms with E-state index in [1.807, 2.05) is 13.1 Å². The number of ether oxygens (including phenoxy) is 1. The van der Waals surface area contributed by atoms with Crippen molar-refractivity contribution in [2.75, 3.05) is 44.7 Å². The zero-order chi connectivity index (χ0) is 15.0. The standard InChI is InChI=1S/C15H21N3O3/c1-3-17-6-8-18(9-7-17)15-16(2)12-5-4-11(14(19)20)10-13(12)21-15/h4-5,10,15H,3,6-9H2,1-2H3,(H,19,20). The Morgan fingerprint density at radius 3 is 2.67 bits per heavy atom. The average molecular weight is 291 g/mol. The number of rotatable bonds is 3. The first-order valence-electron chi connectivity index (χ1n) is 7.33. The molecule has 0 spiro atoms.